The number of carbonyl (C=O) groups excluding carboxylic acids is 1. The lowest BCUT2D eigenvalue weighted by atomic mass is 10.2. The molecule has 0 unspecified atom stereocenters. The summed E-state index contributed by atoms with van der Waals surface area (Å²) < 4.78 is 16.8. The van der Waals surface area contributed by atoms with E-state index in [0.29, 0.717) is 25.4 Å². The first-order valence-electron chi connectivity index (χ1n) is 8.62. The molecule has 6 heteroatoms. The van der Waals surface area contributed by atoms with Crippen molar-refractivity contribution in [1.82, 2.24) is 4.90 Å². The monoisotopic (exact) mass is 373 g/mol. The van der Waals surface area contributed by atoms with Gasteiger partial charge in [-0.25, -0.2) is 0 Å². The van der Waals surface area contributed by atoms with Gasteiger partial charge >= 0.3 is 0 Å². The lowest BCUT2D eigenvalue weighted by molar-refractivity contribution is -0.129. The van der Waals surface area contributed by atoms with Crippen LogP contribution >= 0.6 is 11.8 Å². The van der Waals surface area contributed by atoms with Gasteiger partial charge in [0.15, 0.2) is 17.6 Å². The lowest BCUT2D eigenvalue weighted by Gasteiger charge is -2.30. The van der Waals surface area contributed by atoms with Gasteiger partial charge in [0.2, 0.25) is 5.91 Å². The summed E-state index contributed by atoms with van der Waals surface area (Å²) in [5.74, 6) is 2.79. The zero-order valence-electron chi connectivity index (χ0n) is 15.0. The fraction of sp³-hybridized carbons (Fsp3) is 0.350. The van der Waals surface area contributed by atoms with Crippen LogP contribution in [-0.4, -0.2) is 49.5 Å². The van der Waals surface area contributed by atoms with Crippen LogP contribution in [0.2, 0.25) is 0 Å². The van der Waals surface area contributed by atoms with Crippen molar-refractivity contribution in [2.45, 2.75) is 17.9 Å². The van der Waals surface area contributed by atoms with Crippen molar-refractivity contribution in [2.24, 2.45) is 0 Å². The van der Waals surface area contributed by atoms with E-state index in [0.717, 1.165) is 22.1 Å². The molecule has 1 aliphatic rings. The van der Waals surface area contributed by atoms with Crippen molar-refractivity contribution in [3.05, 3.63) is 48.5 Å². The third-order valence-electron chi connectivity index (χ3n) is 4.15. The highest BCUT2D eigenvalue weighted by Gasteiger charge is 2.24. The average molecular weight is 373 g/mol. The molecule has 1 amide bonds. The summed E-state index contributed by atoms with van der Waals surface area (Å²) in [5, 5.41) is 0. The maximum absolute atomic E-state index is 12.6. The number of fused-ring (bicyclic) bond motifs is 1. The highest BCUT2D eigenvalue weighted by molar-refractivity contribution is 8.00. The molecule has 26 heavy (non-hydrogen) atoms. The second kappa shape index (κ2) is 8.85. The summed E-state index contributed by atoms with van der Waals surface area (Å²) in [6.07, 6.45) is -0.153. The summed E-state index contributed by atoms with van der Waals surface area (Å²) in [5.41, 5.74) is 0. The molecule has 2 aromatic carbocycles. The molecule has 0 aromatic heterocycles. The van der Waals surface area contributed by atoms with Gasteiger partial charge in [-0.15, -0.1) is 11.8 Å². The molecular weight excluding hydrogens is 350 g/mol. The van der Waals surface area contributed by atoms with Gasteiger partial charge in [-0.1, -0.05) is 12.1 Å². The van der Waals surface area contributed by atoms with E-state index in [1.54, 1.807) is 7.11 Å². The summed E-state index contributed by atoms with van der Waals surface area (Å²) in [7, 11) is 1.64. The number of ether oxygens (including phenoxy) is 3. The molecule has 0 radical (unpaired) electrons. The van der Waals surface area contributed by atoms with Crippen LogP contribution < -0.4 is 14.2 Å². The maximum Gasteiger partial charge on any atom is 0.233 e. The van der Waals surface area contributed by atoms with E-state index in [-0.39, 0.29) is 12.0 Å². The zero-order chi connectivity index (χ0) is 18.4. The van der Waals surface area contributed by atoms with Crippen molar-refractivity contribution in [3.8, 4) is 17.2 Å². The molecule has 3 rings (SSSR count). The number of carbonyl (C=O) groups is 1. The summed E-state index contributed by atoms with van der Waals surface area (Å²) in [4.78, 5) is 15.4. The largest absolute Gasteiger partial charge is 0.497 e. The molecule has 0 fully saturated rings. The molecule has 0 saturated carbocycles. The van der Waals surface area contributed by atoms with Gasteiger partial charge in [0.05, 0.1) is 19.4 Å². The number of nitrogens with zero attached hydrogens (tertiary/aromatic N) is 1. The number of hydrogen-bond donors (Lipinski definition) is 0. The minimum Gasteiger partial charge on any atom is -0.497 e. The van der Waals surface area contributed by atoms with Crippen LogP contribution in [-0.2, 0) is 4.79 Å². The minimum atomic E-state index is -0.153. The van der Waals surface area contributed by atoms with Gasteiger partial charge in [0.1, 0.15) is 12.4 Å². The molecule has 1 atom stereocenters. The molecule has 2 aromatic rings. The van der Waals surface area contributed by atoms with Crippen LogP contribution in [0.1, 0.15) is 6.92 Å². The SMILES string of the molecule is CCN(C[C@@H]1COc2ccccc2O1)C(=O)CSc1ccc(OC)cc1. The first-order valence-corrected chi connectivity index (χ1v) is 9.61. The molecule has 5 nitrogen and oxygen atoms in total. The van der Waals surface area contributed by atoms with Crippen LogP contribution in [0.4, 0.5) is 0 Å². The average Bonchev–Trinajstić information content (AvgIpc) is 2.70. The molecule has 0 spiro atoms. The second-order valence-electron chi connectivity index (χ2n) is 5.89. The Morgan fingerprint density at radius 1 is 1.19 bits per heavy atom. The van der Waals surface area contributed by atoms with E-state index in [4.69, 9.17) is 14.2 Å². The van der Waals surface area contributed by atoms with Crippen LogP contribution in [0, 0.1) is 0 Å². The van der Waals surface area contributed by atoms with Gasteiger partial charge in [0, 0.05) is 11.4 Å². The highest BCUT2D eigenvalue weighted by Crippen LogP contribution is 2.31. The fourth-order valence-electron chi connectivity index (χ4n) is 2.71. The van der Waals surface area contributed by atoms with E-state index in [2.05, 4.69) is 0 Å². The Morgan fingerprint density at radius 2 is 1.92 bits per heavy atom. The normalized spacial score (nSPS) is 15.4. The topological polar surface area (TPSA) is 48.0 Å². The summed E-state index contributed by atoms with van der Waals surface area (Å²) >= 11 is 1.52. The second-order valence-corrected chi connectivity index (χ2v) is 6.94. The lowest BCUT2D eigenvalue weighted by Crippen LogP contribution is -2.44. The maximum atomic E-state index is 12.6. The molecule has 0 saturated heterocycles. The van der Waals surface area contributed by atoms with Crippen molar-refractivity contribution in [1.29, 1.82) is 0 Å². The summed E-state index contributed by atoms with van der Waals surface area (Å²) in [6, 6.07) is 15.3. The Hall–Kier alpha value is -2.34. The number of likely N-dealkylation sites (N-methyl/N-ethyl adjacent to an activating group) is 1. The number of rotatable bonds is 7. The minimum absolute atomic E-state index is 0.0933. The van der Waals surface area contributed by atoms with Gasteiger partial charge < -0.3 is 19.1 Å². The van der Waals surface area contributed by atoms with Crippen molar-refractivity contribution in [3.63, 3.8) is 0 Å². The Labute approximate surface area is 158 Å². The molecule has 1 heterocycles. The van der Waals surface area contributed by atoms with Gasteiger partial charge in [0.25, 0.3) is 0 Å². The number of thioether (sulfide) groups is 1. The van der Waals surface area contributed by atoms with Crippen molar-refractivity contribution < 1.29 is 19.0 Å². The quantitative estimate of drug-likeness (QED) is 0.696. The van der Waals surface area contributed by atoms with Crippen LogP contribution in [0.3, 0.4) is 0 Å². The van der Waals surface area contributed by atoms with Gasteiger partial charge in [-0.2, -0.15) is 0 Å². The molecule has 0 N–H and O–H groups in total. The predicted octanol–water partition coefficient (Wildman–Crippen LogP) is 3.48. The fourth-order valence-corrected chi connectivity index (χ4v) is 3.52. The Bertz CT molecular complexity index is 735. The van der Waals surface area contributed by atoms with Crippen LogP contribution in [0.25, 0.3) is 0 Å². The first kappa shape index (κ1) is 18.5. The van der Waals surface area contributed by atoms with Gasteiger partial charge in [-0.3, -0.25) is 4.79 Å². The van der Waals surface area contributed by atoms with Crippen LogP contribution in [0.5, 0.6) is 17.2 Å². The summed E-state index contributed by atoms with van der Waals surface area (Å²) in [6.45, 7) is 3.59. The van der Waals surface area contributed by atoms with E-state index >= 15 is 0 Å². The smallest absolute Gasteiger partial charge is 0.233 e. The number of amides is 1. The number of benzene rings is 2. The molecule has 0 bridgehead atoms. The number of methoxy groups -OCH3 is 1. The first-order chi connectivity index (χ1) is 12.7. The highest BCUT2D eigenvalue weighted by atomic mass is 32.2. The Morgan fingerprint density at radius 3 is 2.62 bits per heavy atom. The van der Waals surface area contributed by atoms with Crippen LogP contribution in [0.15, 0.2) is 53.4 Å². The zero-order valence-corrected chi connectivity index (χ0v) is 15.8. The standard InChI is InChI=1S/C20H23NO4S/c1-3-21(12-16-13-24-18-6-4-5-7-19(18)25-16)20(22)14-26-17-10-8-15(23-2)9-11-17/h4-11,16H,3,12-14H2,1-2H3/t16-/m1/s1. The Kier molecular flexibility index (Phi) is 6.28. The van der Waals surface area contributed by atoms with E-state index < -0.39 is 0 Å². The van der Waals surface area contributed by atoms with E-state index in [1.165, 1.54) is 11.8 Å². The van der Waals surface area contributed by atoms with Crippen molar-refractivity contribution in [2.75, 3.05) is 32.6 Å². The van der Waals surface area contributed by atoms with Gasteiger partial charge in [-0.05, 0) is 43.3 Å². The molecule has 0 aliphatic carbocycles. The number of hydrogen-bond acceptors (Lipinski definition) is 5. The molecule has 1 aliphatic heterocycles. The van der Waals surface area contributed by atoms with E-state index in [9.17, 15) is 4.79 Å². The third-order valence-corrected chi connectivity index (χ3v) is 5.14. The molecular formula is C20H23NO4S. The molecule has 138 valence electrons. The number of para-hydroxylation sites is 2. The third kappa shape index (κ3) is 4.64. The van der Waals surface area contributed by atoms with E-state index in [1.807, 2.05) is 60.4 Å². The Balaban J connectivity index is 1.52. The van der Waals surface area contributed by atoms with Crippen molar-refractivity contribution >= 4 is 17.7 Å². The predicted molar refractivity (Wildman–Crippen MR) is 102 cm³/mol.